The third-order valence-electron chi connectivity index (χ3n) is 2.68. The average molecular weight is 245 g/mol. The Morgan fingerprint density at radius 3 is 2.94 bits per heavy atom. The predicted molar refractivity (Wildman–Crippen MR) is 68.2 cm³/mol. The molecular weight excluding hydrogens is 230 g/mol. The molecule has 0 aliphatic carbocycles. The van der Waals surface area contributed by atoms with Gasteiger partial charge in [0.25, 0.3) is 5.91 Å². The van der Waals surface area contributed by atoms with E-state index in [2.05, 4.69) is 15.3 Å². The molecule has 94 valence electrons. The molecule has 0 fully saturated rings. The molecule has 5 nitrogen and oxygen atoms in total. The number of aromatic nitrogens is 2. The van der Waals surface area contributed by atoms with Crippen LogP contribution in [0.5, 0.6) is 0 Å². The van der Waals surface area contributed by atoms with Crippen LogP contribution in [-0.4, -0.2) is 33.6 Å². The Hall–Kier alpha value is -2.01. The number of rotatable bonds is 4. The summed E-state index contributed by atoms with van der Waals surface area (Å²) >= 11 is 0. The number of hydrogen-bond acceptors (Lipinski definition) is 4. The van der Waals surface area contributed by atoms with Gasteiger partial charge >= 0.3 is 0 Å². The van der Waals surface area contributed by atoms with E-state index in [4.69, 9.17) is 5.11 Å². The fourth-order valence-electron chi connectivity index (χ4n) is 1.74. The summed E-state index contributed by atoms with van der Waals surface area (Å²) < 4.78 is 0. The van der Waals surface area contributed by atoms with Gasteiger partial charge in [0.15, 0.2) is 0 Å². The molecular formula is C13H15N3O2. The number of aliphatic hydroxyl groups is 1. The largest absolute Gasteiger partial charge is 0.396 e. The molecule has 0 aliphatic rings. The minimum atomic E-state index is -0.193. The standard InChI is InChI=1S/C13H15N3O2/c1-9(5-8-17)16-13(18)10-3-2-4-11-12(10)15-7-6-14-11/h2-4,6-7,9,17H,5,8H2,1H3,(H,16,18). The second-order valence-corrected chi connectivity index (χ2v) is 4.12. The summed E-state index contributed by atoms with van der Waals surface area (Å²) in [7, 11) is 0. The maximum absolute atomic E-state index is 12.1. The molecule has 1 aromatic carbocycles. The molecule has 1 unspecified atom stereocenters. The van der Waals surface area contributed by atoms with E-state index in [-0.39, 0.29) is 18.6 Å². The quantitative estimate of drug-likeness (QED) is 0.846. The first-order chi connectivity index (χ1) is 8.72. The molecule has 1 atom stereocenters. The van der Waals surface area contributed by atoms with Crippen molar-refractivity contribution in [1.82, 2.24) is 15.3 Å². The Morgan fingerprint density at radius 2 is 2.17 bits per heavy atom. The van der Waals surface area contributed by atoms with Crippen molar-refractivity contribution in [3.63, 3.8) is 0 Å². The Kier molecular flexibility index (Phi) is 3.84. The van der Waals surface area contributed by atoms with Crippen molar-refractivity contribution < 1.29 is 9.90 Å². The van der Waals surface area contributed by atoms with Crippen LogP contribution in [0.3, 0.4) is 0 Å². The molecule has 2 N–H and O–H groups in total. The van der Waals surface area contributed by atoms with Gasteiger partial charge < -0.3 is 10.4 Å². The van der Waals surface area contributed by atoms with Crippen molar-refractivity contribution in [2.24, 2.45) is 0 Å². The highest BCUT2D eigenvalue weighted by Gasteiger charge is 2.13. The van der Waals surface area contributed by atoms with E-state index in [9.17, 15) is 4.79 Å². The maximum Gasteiger partial charge on any atom is 0.253 e. The SMILES string of the molecule is CC(CCO)NC(=O)c1cccc2nccnc12. The van der Waals surface area contributed by atoms with Crippen LogP contribution in [0.15, 0.2) is 30.6 Å². The van der Waals surface area contributed by atoms with Crippen LogP contribution in [0.25, 0.3) is 11.0 Å². The van der Waals surface area contributed by atoms with E-state index >= 15 is 0 Å². The minimum Gasteiger partial charge on any atom is -0.396 e. The van der Waals surface area contributed by atoms with E-state index < -0.39 is 0 Å². The number of nitrogens with zero attached hydrogens (tertiary/aromatic N) is 2. The van der Waals surface area contributed by atoms with Crippen LogP contribution in [0.4, 0.5) is 0 Å². The second kappa shape index (κ2) is 5.55. The lowest BCUT2D eigenvalue weighted by Crippen LogP contribution is -2.33. The monoisotopic (exact) mass is 245 g/mol. The van der Waals surface area contributed by atoms with Crippen molar-refractivity contribution in [2.75, 3.05) is 6.61 Å². The first kappa shape index (κ1) is 12.4. The molecule has 1 amide bonds. The lowest BCUT2D eigenvalue weighted by molar-refractivity contribution is 0.0936. The fourth-order valence-corrected chi connectivity index (χ4v) is 1.74. The van der Waals surface area contributed by atoms with Crippen molar-refractivity contribution in [3.8, 4) is 0 Å². The first-order valence-electron chi connectivity index (χ1n) is 5.84. The van der Waals surface area contributed by atoms with E-state index in [0.717, 1.165) is 0 Å². The van der Waals surface area contributed by atoms with Gasteiger partial charge in [0, 0.05) is 25.0 Å². The molecule has 18 heavy (non-hydrogen) atoms. The Labute approximate surface area is 105 Å². The number of benzene rings is 1. The molecule has 0 saturated heterocycles. The normalized spacial score (nSPS) is 12.3. The van der Waals surface area contributed by atoms with Gasteiger partial charge in [0.1, 0.15) is 5.52 Å². The summed E-state index contributed by atoms with van der Waals surface area (Å²) in [5, 5.41) is 11.6. The highest BCUT2D eigenvalue weighted by atomic mass is 16.3. The smallest absolute Gasteiger partial charge is 0.253 e. The van der Waals surface area contributed by atoms with E-state index in [1.54, 1.807) is 24.5 Å². The zero-order chi connectivity index (χ0) is 13.0. The Balaban J connectivity index is 2.28. The van der Waals surface area contributed by atoms with Gasteiger partial charge in [-0.15, -0.1) is 0 Å². The lowest BCUT2D eigenvalue weighted by atomic mass is 10.1. The second-order valence-electron chi connectivity index (χ2n) is 4.12. The zero-order valence-electron chi connectivity index (χ0n) is 10.1. The topological polar surface area (TPSA) is 75.1 Å². The molecule has 0 radical (unpaired) electrons. The number of carbonyl (C=O) groups is 1. The van der Waals surface area contributed by atoms with Crippen molar-refractivity contribution in [2.45, 2.75) is 19.4 Å². The van der Waals surface area contributed by atoms with Gasteiger partial charge in [-0.2, -0.15) is 0 Å². The van der Waals surface area contributed by atoms with Gasteiger partial charge in [-0.1, -0.05) is 6.07 Å². The van der Waals surface area contributed by atoms with Crippen molar-refractivity contribution >= 4 is 16.9 Å². The summed E-state index contributed by atoms with van der Waals surface area (Å²) in [4.78, 5) is 20.4. The molecule has 1 aromatic heterocycles. The van der Waals surface area contributed by atoms with E-state index in [1.807, 2.05) is 13.0 Å². The Morgan fingerprint density at radius 1 is 1.39 bits per heavy atom. The van der Waals surface area contributed by atoms with Gasteiger partial charge in [-0.05, 0) is 25.5 Å². The molecule has 0 saturated carbocycles. The van der Waals surface area contributed by atoms with Gasteiger partial charge in [-0.3, -0.25) is 14.8 Å². The van der Waals surface area contributed by atoms with Crippen LogP contribution in [0, 0.1) is 0 Å². The minimum absolute atomic E-state index is 0.0524. The number of aliphatic hydroxyl groups excluding tert-OH is 1. The third-order valence-corrected chi connectivity index (χ3v) is 2.68. The molecule has 0 bridgehead atoms. The molecule has 0 aliphatic heterocycles. The van der Waals surface area contributed by atoms with Crippen LogP contribution >= 0.6 is 0 Å². The number of amides is 1. The highest BCUT2D eigenvalue weighted by Crippen LogP contribution is 2.13. The molecule has 5 heteroatoms. The number of hydrogen-bond donors (Lipinski definition) is 2. The fraction of sp³-hybridized carbons (Fsp3) is 0.308. The van der Waals surface area contributed by atoms with Crippen LogP contribution in [0.1, 0.15) is 23.7 Å². The Bertz CT molecular complexity index is 551. The molecule has 1 heterocycles. The van der Waals surface area contributed by atoms with E-state index in [0.29, 0.717) is 23.0 Å². The predicted octanol–water partition coefficient (Wildman–Crippen LogP) is 1.13. The highest BCUT2D eigenvalue weighted by molar-refractivity contribution is 6.04. The zero-order valence-corrected chi connectivity index (χ0v) is 10.1. The van der Waals surface area contributed by atoms with E-state index in [1.165, 1.54) is 0 Å². The number of carbonyl (C=O) groups excluding carboxylic acids is 1. The molecule has 0 spiro atoms. The van der Waals surface area contributed by atoms with Gasteiger partial charge in [0.2, 0.25) is 0 Å². The van der Waals surface area contributed by atoms with Gasteiger partial charge in [-0.25, -0.2) is 0 Å². The molecule has 2 aromatic rings. The summed E-state index contributed by atoms with van der Waals surface area (Å²) in [6.45, 7) is 1.90. The van der Waals surface area contributed by atoms with Gasteiger partial charge in [0.05, 0.1) is 11.1 Å². The third kappa shape index (κ3) is 2.62. The number of para-hydroxylation sites is 1. The summed E-state index contributed by atoms with van der Waals surface area (Å²) in [5.74, 6) is -0.193. The number of nitrogens with one attached hydrogen (secondary N) is 1. The first-order valence-corrected chi connectivity index (χ1v) is 5.84. The summed E-state index contributed by atoms with van der Waals surface area (Å²) in [5.41, 5.74) is 1.79. The van der Waals surface area contributed by atoms with Crippen LogP contribution in [-0.2, 0) is 0 Å². The lowest BCUT2D eigenvalue weighted by Gasteiger charge is -2.13. The maximum atomic E-state index is 12.1. The van der Waals surface area contributed by atoms with Crippen LogP contribution < -0.4 is 5.32 Å². The van der Waals surface area contributed by atoms with Crippen molar-refractivity contribution in [3.05, 3.63) is 36.2 Å². The molecule has 2 rings (SSSR count). The average Bonchev–Trinajstić information content (AvgIpc) is 2.38. The summed E-state index contributed by atoms with van der Waals surface area (Å²) in [6.07, 6.45) is 3.69. The van der Waals surface area contributed by atoms with Crippen molar-refractivity contribution in [1.29, 1.82) is 0 Å². The summed E-state index contributed by atoms with van der Waals surface area (Å²) in [6, 6.07) is 5.24. The number of fused-ring (bicyclic) bond motifs is 1. The van der Waals surface area contributed by atoms with Crippen LogP contribution in [0.2, 0.25) is 0 Å².